The van der Waals surface area contributed by atoms with Gasteiger partial charge in [-0.1, -0.05) is 40.7 Å². The molecule has 2 saturated heterocycles. The number of carbonyl (C=O) groups is 8. The first-order valence-electron chi connectivity index (χ1n) is 18.1. The van der Waals surface area contributed by atoms with Gasteiger partial charge >= 0.3 is 17.9 Å². The summed E-state index contributed by atoms with van der Waals surface area (Å²) in [6, 6.07) is -7.41. The highest BCUT2D eigenvalue weighted by Crippen LogP contribution is 2.34. The Labute approximate surface area is 339 Å². The number of thiol groups is 1. The molecule has 22 heteroatoms. The molecule has 2 heterocycles. The molecule has 0 aromatic heterocycles. The van der Waals surface area contributed by atoms with Crippen LogP contribution in [0.15, 0.2) is 12.2 Å². The number of carboxylic acid groups (broad SMARTS) is 2. The molecule has 2 aliphatic rings. The molecule has 5 amide bonds. The van der Waals surface area contributed by atoms with Gasteiger partial charge in [0.05, 0.1) is 12.5 Å². The van der Waals surface area contributed by atoms with Crippen LogP contribution in [0.4, 0.5) is 0 Å². The molecule has 0 radical (unpaired) electrons. The van der Waals surface area contributed by atoms with Gasteiger partial charge in [-0.05, 0) is 36.5 Å². The van der Waals surface area contributed by atoms with Crippen LogP contribution in [0.1, 0.15) is 60.3 Å². The fraction of sp³-hybridized carbons (Fsp3) is 0.706. The number of ether oxygens (including phenoxy) is 1. The molecular formula is C34H55N7O12S3. The summed E-state index contributed by atoms with van der Waals surface area (Å²) < 4.78 is 5.81. The van der Waals surface area contributed by atoms with Crippen LogP contribution in [0.5, 0.6) is 0 Å². The lowest BCUT2D eigenvalue weighted by atomic mass is 10.0. The van der Waals surface area contributed by atoms with Crippen molar-refractivity contribution >= 4 is 83.6 Å². The number of hydrogen-bond acceptors (Lipinski definition) is 15. The van der Waals surface area contributed by atoms with Crippen molar-refractivity contribution in [3.8, 4) is 0 Å². The molecule has 0 saturated carbocycles. The van der Waals surface area contributed by atoms with E-state index in [0.717, 1.165) is 23.5 Å². The number of rotatable bonds is 17. The highest BCUT2D eigenvalue weighted by atomic mass is 32.2. The van der Waals surface area contributed by atoms with E-state index < -0.39 is 118 Å². The van der Waals surface area contributed by atoms with Gasteiger partial charge in [0.25, 0.3) is 0 Å². The van der Waals surface area contributed by atoms with E-state index >= 15 is 0 Å². The molecule has 0 aliphatic carbocycles. The summed E-state index contributed by atoms with van der Waals surface area (Å²) in [7, 11) is 0. The fourth-order valence-electron chi connectivity index (χ4n) is 5.52. The third-order valence-corrected chi connectivity index (χ3v) is 11.6. The summed E-state index contributed by atoms with van der Waals surface area (Å²) in [5.41, 5.74) is 5.50. The largest absolute Gasteiger partial charge is 0.480 e. The molecular weight excluding hydrogens is 795 g/mol. The number of nitrogens with one attached hydrogen (secondary N) is 6. The maximum absolute atomic E-state index is 13.8. The second kappa shape index (κ2) is 23.0. The third-order valence-electron chi connectivity index (χ3n) is 8.73. The standard InChI is InChI=1S/C34H55N7O12S3/c1-16(2)26-31(48)38-22-15-56-34(52,41-27(17(3)4)33(51)53-19(8-6-7-11-54)12-24(43)39-26)28(40-30(22)47)18(5)55-14-21(29(46)36-13-25(44)45)37-23(42)10-9-20(35)32(49)50/h6,8,16-22,26-28,41,52,54H,7,9-15,35H2,1-5H3,(H,36,46)(H,37,42)(H,38,48)(H,39,43)(H,40,47)(H,44,45)(H,49,50)/b8-6+. The average molecular weight is 850 g/mol. The van der Waals surface area contributed by atoms with Crippen molar-refractivity contribution in [3.05, 3.63) is 12.2 Å². The second-order valence-corrected chi connectivity index (χ2v) is 17.2. The number of carbonyl (C=O) groups excluding carboxylic acids is 6. The summed E-state index contributed by atoms with van der Waals surface area (Å²) in [5.74, 6) is -7.84. The van der Waals surface area contributed by atoms with E-state index in [1.165, 1.54) is 0 Å². The quantitative estimate of drug-likeness (QED) is 0.0441. The number of esters is 1. The SMILES string of the molecule is CC(C)C1NC(=O)CC(/C=C/CCS)OC(=O)C(C(C)C)NC2(O)SCC(NC1=O)C(=O)NC2C(C)SCC(NC(=O)CCC(N)C(=O)O)C(=O)NCC(=O)O. The van der Waals surface area contributed by atoms with Crippen LogP contribution in [-0.2, 0) is 43.1 Å². The highest BCUT2D eigenvalue weighted by Gasteiger charge is 2.49. The smallest absolute Gasteiger partial charge is 0.324 e. The van der Waals surface area contributed by atoms with E-state index in [2.05, 4.69) is 44.5 Å². The molecule has 19 nitrogen and oxygen atoms in total. The Hall–Kier alpha value is -3.57. The minimum absolute atomic E-state index is 0.183. The van der Waals surface area contributed by atoms with Gasteiger partial charge in [0.2, 0.25) is 29.5 Å². The molecule has 0 aromatic rings. The van der Waals surface area contributed by atoms with E-state index in [0.29, 0.717) is 12.2 Å². The van der Waals surface area contributed by atoms with Crippen molar-refractivity contribution in [1.82, 2.24) is 31.9 Å². The molecule has 2 rings (SSSR count). The summed E-state index contributed by atoms with van der Waals surface area (Å²) in [4.78, 5) is 102. The van der Waals surface area contributed by atoms with Gasteiger partial charge in [0.1, 0.15) is 42.9 Å². The van der Waals surface area contributed by atoms with E-state index in [4.69, 9.17) is 20.7 Å². The Bertz CT molecular complexity index is 1470. The van der Waals surface area contributed by atoms with Crippen LogP contribution < -0.4 is 37.6 Å². The number of carboxylic acids is 2. The number of thioether (sulfide) groups is 2. The van der Waals surface area contributed by atoms with Crippen LogP contribution in [0.3, 0.4) is 0 Å². The van der Waals surface area contributed by atoms with Gasteiger partial charge in [-0.2, -0.15) is 24.4 Å². The van der Waals surface area contributed by atoms with Gasteiger partial charge < -0.3 is 52.4 Å². The molecule has 2 bridgehead atoms. The van der Waals surface area contributed by atoms with Gasteiger partial charge in [-0.3, -0.25) is 43.7 Å². The van der Waals surface area contributed by atoms with Crippen molar-refractivity contribution in [2.45, 2.75) is 113 Å². The minimum atomic E-state index is -2.13. The Morgan fingerprint density at radius 1 is 1.04 bits per heavy atom. The van der Waals surface area contributed by atoms with Crippen molar-refractivity contribution in [3.63, 3.8) is 0 Å². The Morgan fingerprint density at radius 2 is 1.70 bits per heavy atom. The molecule has 0 aromatic carbocycles. The van der Waals surface area contributed by atoms with E-state index in [1.807, 2.05) is 0 Å². The number of aliphatic hydroxyl groups is 1. The lowest BCUT2D eigenvalue weighted by Gasteiger charge is -2.41. The predicted octanol–water partition coefficient (Wildman–Crippen LogP) is -1.71. The van der Waals surface area contributed by atoms with Gasteiger partial charge in [0.15, 0.2) is 5.06 Å². The minimum Gasteiger partial charge on any atom is -0.480 e. The number of aliphatic carboxylic acids is 2. The Kier molecular flexibility index (Phi) is 19.9. The van der Waals surface area contributed by atoms with Crippen molar-refractivity contribution < 1.29 is 58.4 Å². The number of cyclic esters (lactones) is 1. The monoisotopic (exact) mass is 849 g/mol. The molecule has 56 heavy (non-hydrogen) atoms. The predicted molar refractivity (Wildman–Crippen MR) is 211 cm³/mol. The molecule has 2 fully saturated rings. The zero-order valence-electron chi connectivity index (χ0n) is 31.9. The van der Waals surface area contributed by atoms with Crippen LogP contribution >= 0.6 is 36.2 Å². The summed E-state index contributed by atoms with van der Waals surface area (Å²) >= 11 is 6.03. The summed E-state index contributed by atoms with van der Waals surface area (Å²) in [6.45, 7) is 7.65. The molecule has 9 atom stereocenters. The van der Waals surface area contributed by atoms with Crippen molar-refractivity contribution in [2.75, 3.05) is 23.8 Å². The first-order valence-corrected chi connectivity index (χ1v) is 20.8. The Balaban J connectivity index is 2.53. The zero-order chi connectivity index (χ0) is 42.3. The molecule has 316 valence electrons. The lowest BCUT2D eigenvalue weighted by Crippen LogP contribution is -2.66. The number of allylic oxidation sites excluding steroid dienone is 1. The van der Waals surface area contributed by atoms with Crippen LogP contribution in [-0.4, -0.2) is 139 Å². The van der Waals surface area contributed by atoms with Crippen LogP contribution in [0.25, 0.3) is 0 Å². The molecule has 2 aliphatic heterocycles. The first kappa shape index (κ1) is 48.6. The van der Waals surface area contributed by atoms with Crippen LogP contribution in [0.2, 0.25) is 0 Å². The number of amides is 5. The topological polar surface area (TPSA) is 305 Å². The summed E-state index contributed by atoms with van der Waals surface area (Å²) in [5, 5.41) is 43.4. The van der Waals surface area contributed by atoms with Crippen molar-refractivity contribution in [2.24, 2.45) is 17.6 Å². The van der Waals surface area contributed by atoms with Gasteiger partial charge in [-0.25, -0.2) is 0 Å². The summed E-state index contributed by atoms with van der Waals surface area (Å²) in [6.07, 6.45) is 1.81. The van der Waals surface area contributed by atoms with Gasteiger partial charge in [0, 0.05) is 23.2 Å². The first-order chi connectivity index (χ1) is 26.2. The maximum Gasteiger partial charge on any atom is 0.324 e. The lowest BCUT2D eigenvalue weighted by molar-refractivity contribution is -0.154. The number of nitrogens with two attached hydrogens (primary N) is 1. The maximum atomic E-state index is 13.8. The molecule has 0 spiro atoms. The van der Waals surface area contributed by atoms with Crippen LogP contribution in [0, 0.1) is 11.8 Å². The van der Waals surface area contributed by atoms with Gasteiger partial charge in [-0.15, -0.1) is 11.8 Å². The average Bonchev–Trinajstić information content (AvgIpc) is 3.23. The normalized spacial score (nSPS) is 26.8. The molecule has 11 N–H and O–H groups in total. The third kappa shape index (κ3) is 15.4. The van der Waals surface area contributed by atoms with E-state index in [-0.39, 0.29) is 30.8 Å². The zero-order valence-corrected chi connectivity index (χ0v) is 34.5. The number of hydrogen-bond donors (Lipinski definition) is 11. The second-order valence-electron chi connectivity index (χ2n) is 14.1. The van der Waals surface area contributed by atoms with E-state index in [1.54, 1.807) is 46.8 Å². The number of fused-ring (bicyclic) bond motifs is 3. The Morgan fingerprint density at radius 3 is 2.29 bits per heavy atom. The molecule has 9 unspecified atom stereocenters. The van der Waals surface area contributed by atoms with E-state index in [9.17, 15) is 43.5 Å². The highest BCUT2D eigenvalue weighted by molar-refractivity contribution is 8.01. The van der Waals surface area contributed by atoms with Crippen molar-refractivity contribution in [1.29, 1.82) is 0 Å². The fourth-order valence-corrected chi connectivity index (χ4v) is 8.25.